The van der Waals surface area contributed by atoms with Crippen molar-refractivity contribution in [3.63, 3.8) is 0 Å². The highest BCUT2D eigenvalue weighted by Gasteiger charge is 2.10. The van der Waals surface area contributed by atoms with Gasteiger partial charge in [0.15, 0.2) is 0 Å². The van der Waals surface area contributed by atoms with E-state index in [1.165, 1.54) is 26.4 Å². The van der Waals surface area contributed by atoms with Crippen molar-refractivity contribution in [2.75, 3.05) is 14.2 Å². The van der Waals surface area contributed by atoms with Gasteiger partial charge in [0.25, 0.3) is 0 Å². The monoisotopic (exact) mass is 217 g/mol. The van der Waals surface area contributed by atoms with E-state index in [2.05, 4.69) is 0 Å². The number of hydrogen-bond donors (Lipinski definition) is 0. The largest absolute Gasteiger partial charge is 0.744 e. The topological polar surface area (TPSA) is 75.7 Å². The average Bonchev–Trinajstić information content (AvgIpc) is 2.15. The van der Waals surface area contributed by atoms with Crippen LogP contribution in [-0.2, 0) is 10.1 Å². The molecule has 0 radical (unpaired) electrons. The van der Waals surface area contributed by atoms with Gasteiger partial charge in [-0.2, -0.15) is 0 Å². The predicted octanol–water partition coefficient (Wildman–Crippen LogP) is 0.608. The molecule has 0 saturated heterocycles. The van der Waals surface area contributed by atoms with Crippen LogP contribution in [-0.4, -0.2) is 27.2 Å². The van der Waals surface area contributed by atoms with Crippen LogP contribution in [0.3, 0.4) is 0 Å². The van der Waals surface area contributed by atoms with E-state index in [0.29, 0.717) is 5.75 Å². The number of methoxy groups -OCH3 is 2. The van der Waals surface area contributed by atoms with Crippen molar-refractivity contribution in [3.8, 4) is 11.5 Å². The van der Waals surface area contributed by atoms with Gasteiger partial charge in [0.1, 0.15) is 21.6 Å². The molecule has 0 saturated carbocycles. The van der Waals surface area contributed by atoms with Crippen LogP contribution < -0.4 is 9.47 Å². The molecule has 1 aromatic rings. The van der Waals surface area contributed by atoms with Crippen molar-refractivity contribution in [2.24, 2.45) is 0 Å². The summed E-state index contributed by atoms with van der Waals surface area (Å²) in [6, 6.07) is 3.87. The quantitative estimate of drug-likeness (QED) is 0.693. The van der Waals surface area contributed by atoms with Crippen LogP contribution in [0.2, 0.25) is 0 Å². The maximum atomic E-state index is 10.7. The third-order valence-electron chi connectivity index (χ3n) is 1.64. The number of rotatable bonds is 3. The predicted molar refractivity (Wildman–Crippen MR) is 47.5 cm³/mol. The third kappa shape index (κ3) is 2.15. The first-order chi connectivity index (χ1) is 6.49. The van der Waals surface area contributed by atoms with Gasteiger partial charge in [-0.1, -0.05) is 0 Å². The van der Waals surface area contributed by atoms with Gasteiger partial charge in [0.2, 0.25) is 0 Å². The molecule has 14 heavy (non-hydrogen) atoms. The van der Waals surface area contributed by atoms with Crippen LogP contribution in [0.5, 0.6) is 11.5 Å². The molecule has 78 valence electrons. The molecule has 0 aromatic heterocycles. The number of ether oxygens (including phenoxy) is 2. The maximum absolute atomic E-state index is 10.7. The zero-order valence-corrected chi connectivity index (χ0v) is 8.50. The molecule has 0 heterocycles. The van der Waals surface area contributed by atoms with Gasteiger partial charge in [-0.05, 0) is 12.1 Å². The second kappa shape index (κ2) is 3.85. The maximum Gasteiger partial charge on any atom is 0.140 e. The van der Waals surface area contributed by atoms with Crippen molar-refractivity contribution in [2.45, 2.75) is 4.90 Å². The van der Waals surface area contributed by atoms with Crippen LogP contribution in [0.4, 0.5) is 0 Å². The molecule has 6 heteroatoms. The Hall–Kier alpha value is -1.27. The molecule has 0 atom stereocenters. The molecule has 0 amide bonds. The molecule has 5 nitrogen and oxygen atoms in total. The van der Waals surface area contributed by atoms with Crippen LogP contribution in [0.1, 0.15) is 0 Å². The summed E-state index contributed by atoms with van der Waals surface area (Å²) in [5.74, 6) is 0.411. The second-order valence-corrected chi connectivity index (χ2v) is 3.82. The Morgan fingerprint density at radius 3 is 2.29 bits per heavy atom. The molecule has 0 spiro atoms. The summed E-state index contributed by atoms with van der Waals surface area (Å²) in [6.07, 6.45) is 0. The van der Waals surface area contributed by atoms with E-state index in [1.807, 2.05) is 0 Å². The number of hydrogen-bond acceptors (Lipinski definition) is 5. The van der Waals surface area contributed by atoms with Gasteiger partial charge in [0.05, 0.1) is 19.1 Å². The highest BCUT2D eigenvalue weighted by Crippen LogP contribution is 2.27. The lowest BCUT2D eigenvalue weighted by Gasteiger charge is -2.12. The van der Waals surface area contributed by atoms with Gasteiger partial charge in [-0.3, -0.25) is 0 Å². The molecular weight excluding hydrogens is 208 g/mol. The fourth-order valence-corrected chi connectivity index (χ4v) is 1.60. The molecule has 0 aliphatic carbocycles. The van der Waals surface area contributed by atoms with Crippen molar-refractivity contribution in [3.05, 3.63) is 18.2 Å². The summed E-state index contributed by atoms with van der Waals surface area (Å²) in [7, 11) is -1.79. The molecule has 0 bridgehead atoms. The van der Waals surface area contributed by atoms with E-state index < -0.39 is 10.1 Å². The average molecular weight is 217 g/mol. The van der Waals surface area contributed by atoms with Gasteiger partial charge in [-0.25, -0.2) is 8.42 Å². The minimum absolute atomic E-state index is 0.0145. The van der Waals surface area contributed by atoms with Crippen LogP contribution >= 0.6 is 0 Å². The lowest BCUT2D eigenvalue weighted by Crippen LogP contribution is -2.01. The summed E-state index contributed by atoms with van der Waals surface area (Å²) < 4.78 is 41.8. The summed E-state index contributed by atoms with van der Waals surface area (Å²) in [5.41, 5.74) is 0. The molecule has 0 aliphatic heterocycles. The van der Waals surface area contributed by atoms with Gasteiger partial charge in [-0.15, -0.1) is 0 Å². The molecule has 0 N–H and O–H groups in total. The normalized spacial score (nSPS) is 11.1. The second-order valence-electron chi connectivity index (χ2n) is 2.47. The van der Waals surface area contributed by atoms with E-state index >= 15 is 0 Å². The molecule has 0 aliphatic rings. The summed E-state index contributed by atoms with van der Waals surface area (Å²) in [5, 5.41) is 0. The van der Waals surface area contributed by atoms with Crippen molar-refractivity contribution in [1.29, 1.82) is 0 Å². The third-order valence-corrected chi connectivity index (χ3v) is 2.52. The van der Waals surface area contributed by atoms with Crippen LogP contribution in [0.25, 0.3) is 0 Å². The van der Waals surface area contributed by atoms with E-state index in [4.69, 9.17) is 9.47 Å². The lowest BCUT2D eigenvalue weighted by atomic mass is 10.3. The molecule has 0 fully saturated rings. The van der Waals surface area contributed by atoms with E-state index in [-0.39, 0.29) is 10.6 Å². The standard InChI is InChI=1S/C8H10O5S/c1-12-6-3-4-8(14(9,10)11)7(5-6)13-2/h3-5H,1-2H3,(H,9,10,11)/p-1. The first-order valence-corrected chi connectivity index (χ1v) is 5.08. The first-order valence-electron chi connectivity index (χ1n) is 3.67. The van der Waals surface area contributed by atoms with Gasteiger partial charge in [0, 0.05) is 6.07 Å². The van der Waals surface area contributed by atoms with E-state index in [0.717, 1.165) is 6.07 Å². The Morgan fingerprint density at radius 1 is 1.21 bits per heavy atom. The minimum Gasteiger partial charge on any atom is -0.744 e. The fraction of sp³-hybridized carbons (Fsp3) is 0.250. The first kappa shape index (κ1) is 10.8. The Morgan fingerprint density at radius 2 is 1.86 bits per heavy atom. The SMILES string of the molecule is COc1ccc(S(=O)(=O)[O-])c(OC)c1. The molecule has 1 rings (SSSR count). The Kier molecular flexibility index (Phi) is 2.97. The zero-order valence-electron chi connectivity index (χ0n) is 7.68. The van der Waals surface area contributed by atoms with Crippen molar-refractivity contribution < 1.29 is 22.4 Å². The summed E-state index contributed by atoms with van der Waals surface area (Å²) in [4.78, 5) is -0.388. The van der Waals surface area contributed by atoms with Crippen LogP contribution in [0.15, 0.2) is 23.1 Å². The Balaban J connectivity index is 3.33. The number of benzene rings is 1. The van der Waals surface area contributed by atoms with Crippen molar-refractivity contribution in [1.82, 2.24) is 0 Å². The zero-order chi connectivity index (χ0) is 10.8. The lowest BCUT2D eigenvalue weighted by molar-refractivity contribution is 0.382. The summed E-state index contributed by atoms with van der Waals surface area (Å²) in [6.45, 7) is 0. The van der Waals surface area contributed by atoms with Crippen molar-refractivity contribution >= 4 is 10.1 Å². The highest BCUT2D eigenvalue weighted by atomic mass is 32.2. The smallest absolute Gasteiger partial charge is 0.140 e. The van der Waals surface area contributed by atoms with Gasteiger partial charge < -0.3 is 14.0 Å². The molecular formula is C8H9O5S-. The minimum atomic E-state index is -4.50. The van der Waals surface area contributed by atoms with Crippen LogP contribution in [0, 0.1) is 0 Å². The van der Waals surface area contributed by atoms with E-state index in [1.54, 1.807) is 0 Å². The summed E-state index contributed by atoms with van der Waals surface area (Å²) >= 11 is 0. The highest BCUT2D eigenvalue weighted by molar-refractivity contribution is 7.85. The Bertz CT molecular complexity index is 423. The molecule has 0 unspecified atom stereocenters. The molecule has 1 aromatic carbocycles. The van der Waals surface area contributed by atoms with Gasteiger partial charge >= 0.3 is 0 Å². The van der Waals surface area contributed by atoms with E-state index in [9.17, 15) is 13.0 Å². The Labute approximate surface area is 82.0 Å². The fourth-order valence-electron chi connectivity index (χ4n) is 0.981.